The van der Waals surface area contributed by atoms with E-state index in [2.05, 4.69) is 10.6 Å². The van der Waals surface area contributed by atoms with Gasteiger partial charge >= 0.3 is 6.09 Å². The molecule has 2 saturated carbocycles. The first-order valence-corrected chi connectivity index (χ1v) is 16.2. The first-order valence-electron chi connectivity index (χ1n) is 14.2. The molecule has 1 aliphatic heterocycles. The number of ketones is 1. The van der Waals surface area contributed by atoms with Gasteiger partial charge in [0.05, 0.1) is 19.0 Å². The van der Waals surface area contributed by atoms with Crippen LogP contribution in [0.2, 0.25) is 0 Å². The van der Waals surface area contributed by atoms with Crippen molar-refractivity contribution < 1.29 is 32.3 Å². The van der Waals surface area contributed by atoms with Gasteiger partial charge < -0.3 is 14.8 Å². The number of aryl methyl sites for hydroxylation is 1. The maximum atomic E-state index is 13.7. The number of amidine groups is 1. The number of Topliss-reactive ketones (excluding diaryl/α,β-unsaturated/α-hetero) is 1. The third kappa shape index (κ3) is 8.13. The Morgan fingerprint density at radius 2 is 1.90 bits per heavy atom. The van der Waals surface area contributed by atoms with Crippen LogP contribution in [-0.2, 0) is 35.3 Å². The minimum absolute atomic E-state index is 0.0154. The Morgan fingerprint density at radius 3 is 2.55 bits per heavy atom. The maximum absolute atomic E-state index is 13.7. The van der Waals surface area contributed by atoms with E-state index < -0.39 is 28.0 Å². The Hall–Kier alpha value is -2.79. The second-order valence-corrected chi connectivity index (χ2v) is 13.8. The molecule has 40 heavy (non-hydrogen) atoms. The Labute approximate surface area is 236 Å². The van der Waals surface area contributed by atoms with Gasteiger partial charge in [-0.25, -0.2) is 13.2 Å². The molecule has 5 unspecified atom stereocenters. The molecule has 0 radical (unpaired) electrons. The molecule has 4 rings (SSSR count). The van der Waals surface area contributed by atoms with Gasteiger partial charge in [0.2, 0.25) is 5.91 Å². The van der Waals surface area contributed by atoms with Gasteiger partial charge in [0.25, 0.3) is 0 Å². The summed E-state index contributed by atoms with van der Waals surface area (Å²) in [6, 6.07) is 5.50. The second kappa shape index (κ2) is 13.2. The zero-order valence-electron chi connectivity index (χ0n) is 23.6. The zero-order valence-corrected chi connectivity index (χ0v) is 24.4. The molecule has 2 amide bonds. The van der Waals surface area contributed by atoms with Crippen LogP contribution in [0.25, 0.3) is 0 Å². The molecule has 1 saturated heterocycles. The number of sulfone groups is 1. The average Bonchev–Trinajstić information content (AvgIpc) is 3.45. The fourth-order valence-corrected chi connectivity index (χ4v) is 7.00. The molecule has 1 aromatic carbocycles. The number of amides is 2. The Morgan fingerprint density at radius 1 is 1.18 bits per heavy atom. The van der Waals surface area contributed by atoms with E-state index in [1.165, 1.54) is 32.6 Å². The normalized spacial score (nSPS) is 27.3. The quantitative estimate of drug-likeness (QED) is 0.323. The lowest BCUT2D eigenvalue weighted by Crippen LogP contribution is -2.49. The van der Waals surface area contributed by atoms with E-state index >= 15 is 0 Å². The van der Waals surface area contributed by atoms with Crippen LogP contribution in [0.1, 0.15) is 63.0 Å². The summed E-state index contributed by atoms with van der Waals surface area (Å²) in [4.78, 5) is 43.3. The van der Waals surface area contributed by atoms with Crippen molar-refractivity contribution in [2.45, 2.75) is 76.5 Å². The summed E-state index contributed by atoms with van der Waals surface area (Å²) in [6.45, 7) is 1.88. The summed E-state index contributed by atoms with van der Waals surface area (Å²) >= 11 is 0. The fourth-order valence-electron chi connectivity index (χ4n) is 6.39. The van der Waals surface area contributed by atoms with Gasteiger partial charge in [0, 0.05) is 11.8 Å². The summed E-state index contributed by atoms with van der Waals surface area (Å²) in [6.07, 6.45) is 7.24. The van der Waals surface area contributed by atoms with Crippen molar-refractivity contribution in [3.05, 3.63) is 35.4 Å². The Bertz CT molecular complexity index is 1220. The maximum Gasteiger partial charge on any atom is 0.412 e. The monoisotopic (exact) mass is 575 g/mol. The molecule has 3 fully saturated rings. The molecule has 0 aromatic heterocycles. The molecule has 2 aliphatic carbocycles. The molecule has 220 valence electrons. The molecule has 3 aliphatic rings. The highest BCUT2D eigenvalue weighted by molar-refractivity contribution is 7.90. The summed E-state index contributed by atoms with van der Waals surface area (Å²) in [7, 11) is -1.92. The lowest BCUT2D eigenvalue weighted by atomic mass is 9.78. The van der Waals surface area contributed by atoms with Gasteiger partial charge in [-0.05, 0) is 67.9 Å². The number of rotatable bonds is 10. The van der Waals surface area contributed by atoms with Gasteiger partial charge in [-0.15, -0.1) is 0 Å². The topological polar surface area (TPSA) is 140 Å². The fraction of sp³-hybridized carbons (Fsp3) is 0.655. The number of carbonyl (C=O) groups is 3. The van der Waals surface area contributed by atoms with Crippen LogP contribution in [0.3, 0.4) is 0 Å². The highest BCUT2D eigenvalue weighted by Gasteiger charge is 2.39. The van der Waals surface area contributed by atoms with E-state index in [9.17, 15) is 22.8 Å². The summed E-state index contributed by atoms with van der Waals surface area (Å²) < 4.78 is 33.8. The molecule has 2 bridgehead atoms. The molecule has 1 aromatic rings. The number of hydrogen-bond donors (Lipinski definition) is 2. The molecular weight excluding hydrogens is 534 g/mol. The van der Waals surface area contributed by atoms with Crippen LogP contribution < -0.4 is 10.6 Å². The summed E-state index contributed by atoms with van der Waals surface area (Å²) in [5, 5.41) is 5.55. The first-order chi connectivity index (χ1) is 19.0. The number of nitrogens with zero attached hydrogens (tertiary/aromatic N) is 1. The average molecular weight is 576 g/mol. The molecule has 11 heteroatoms. The zero-order chi connectivity index (χ0) is 28.9. The van der Waals surface area contributed by atoms with Crippen molar-refractivity contribution in [1.29, 1.82) is 0 Å². The molecule has 1 heterocycles. The van der Waals surface area contributed by atoms with Gasteiger partial charge in [0.15, 0.2) is 5.78 Å². The van der Waals surface area contributed by atoms with Crippen LogP contribution in [0.5, 0.6) is 0 Å². The summed E-state index contributed by atoms with van der Waals surface area (Å²) in [5.74, 6) is 1.26. The molecule has 2 N–H and O–H groups in total. The van der Waals surface area contributed by atoms with Gasteiger partial charge in [-0.3, -0.25) is 19.9 Å². The van der Waals surface area contributed by atoms with Crippen molar-refractivity contribution >= 4 is 33.5 Å². The van der Waals surface area contributed by atoms with Crippen LogP contribution in [0.15, 0.2) is 29.3 Å². The van der Waals surface area contributed by atoms with Crippen LogP contribution >= 0.6 is 0 Å². The number of aliphatic imine (C=N–C) groups is 1. The van der Waals surface area contributed by atoms with Crippen molar-refractivity contribution in [3.8, 4) is 0 Å². The van der Waals surface area contributed by atoms with Gasteiger partial charge in [-0.1, -0.05) is 38.0 Å². The van der Waals surface area contributed by atoms with E-state index in [0.29, 0.717) is 42.6 Å². The standard InChI is InChI=1S/C29H41N3O7S/c1-4-25-26(24(33)17-39-25)31-28(34)23(16-21-13-19-8-9-20(12-19)14-21)30-27(32-29(35)38-2)22-7-5-6-18(15-22)10-11-40(3,36)37/h5-7,15,19-21,23,25-26H,4,8-14,16-17H2,1-3H3,(H,31,34)(H,30,32,35). The highest BCUT2D eigenvalue weighted by atomic mass is 32.2. The van der Waals surface area contributed by atoms with E-state index in [4.69, 9.17) is 14.5 Å². The number of methoxy groups -OCH3 is 1. The van der Waals surface area contributed by atoms with Crippen molar-refractivity contribution in [1.82, 2.24) is 10.6 Å². The smallest absolute Gasteiger partial charge is 0.412 e. The second-order valence-electron chi connectivity index (χ2n) is 11.5. The van der Waals surface area contributed by atoms with Crippen molar-refractivity contribution in [2.75, 3.05) is 25.7 Å². The molecular formula is C29H41N3O7S. The van der Waals surface area contributed by atoms with E-state index in [1.54, 1.807) is 18.2 Å². The van der Waals surface area contributed by atoms with Gasteiger partial charge in [0.1, 0.15) is 34.4 Å². The number of carbonyl (C=O) groups excluding carboxylic acids is 3. The largest absolute Gasteiger partial charge is 0.453 e. The van der Waals surface area contributed by atoms with E-state index in [1.807, 2.05) is 13.0 Å². The predicted molar refractivity (Wildman–Crippen MR) is 151 cm³/mol. The SMILES string of the molecule is CCC1OCC(=O)C1NC(=O)C(CC1CC2CCC(C2)C1)N=C(NC(=O)OC)c1cccc(CCS(C)(=O)=O)c1. The third-order valence-corrected chi connectivity index (χ3v) is 9.30. The number of alkyl carbamates (subject to hydrolysis) is 1. The third-order valence-electron chi connectivity index (χ3n) is 8.35. The number of nitrogens with one attached hydrogen (secondary N) is 2. The molecule has 10 nitrogen and oxygen atoms in total. The first kappa shape index (κ1) is 30.2. The predicted octanol–water partition coefficient (Wildman–Crippen LogP) is 2.82. The highest BCUT2D eigenvalue weighted by Crippen LogP contribution is 2.46. The molecule has 5 atom stereocenters. The van der Waals surface area contributed by atoms with Crippen LogP contribution in [0.4, 0.5) is 4.79 Å². The van der Waals surface area contributed by atoms with Crippen LogP contribution in [0, 0.1) is 17.8 Å². The van der Waals surface area contributed by atoms with E-state index in [-0.39, 0.29) is 36.0 Å². The lowest BCUT2D eigenvalue weighted by molar-refractivity contribution is -0.127. The van der Waals surface area contributed by atoms with Crippen LogP contribution in [-0.4, -0.2) is 76.0 Å². The van der Waals surface area contributed by atoms with Gasteiger partial charge in [-0.2, -0.15) is 0 Å². The number of benzene rings is 1. The Kier molecular flexibility index (Phi) is 9.99. The Balaban J connectivity index is 1.64. The molecule has 0 spiro atoms. The summed E-state index contributed by atoms with van der Waals surface area (Å²) in [5.41, 5.74) is 1.29. The minimum atomic E-state index is -3.16. The lowest BCUT2D eigenvalue weighted by Gasteiger charge is -2.30. The number of fused-ring (bicyclic) bond motifs is 2. The van der Waals surface area contributed by atoms with Crippen molar-refractivity contribution in [2.24, 2.45) is 22.7 Å². The minimum Gasteiger partial charge on any atom is -0.453 e. The number of hydrogen-bond acceptors (Lipinski definition) is 8. The number of ether oxygens (including phenoxy) is 2. The van der Waals surface area contributed by atoms with Crippen molar-refractivity contribution in [3.63, 3.8) is 0 Å². The van der Waals surface area contributed by atoms with E-state index in [0.717, 1.165) is 18.4 Å².